The molecular formula is C8H13N3S. The van der Waals surface area contributed by atoms with Crippen LogP contribution in [-0.2, 0) is 13.0 Å². The molecule has 0 fully saturated rings. The van der Waals surface area contributed by atoms with Crippen molar-refractivity contribution in [3.63, 3.8) is 0 Å². The molecule has 0 saturated heterocycles. The fourth-order valence-electron chi connectivity index (χ4n) is 1.42. The van der Waals surface area contributed by atoms with E-state index in [4.69, 9.17) is 0 Å². The number of hydrogen-bond donors (Lipinski definition) is 2. The Morgan fingerprint density at radius 2 is 2.50 bits per heavy atom. The molecule has 2 heterocycles. The molecule has 0 spiro atoms. The Labute approximate surface area is 76.2 Å². The van der Waals surface area contributed by atoms with Gasteiger partial charge in [-0.1, -0.05) is 0 Å². The topological polar surface area (TPSA) is 37.0 Å². The van der Waals surface area contributed by atoms with Crippen LogP contribution in [0.15, 0.2) is 0 Å². The summed E-state index contributed by atoms with van der Waals surface area (Å²) in [5.74, 6) is 0. The van der Waals surface area contributed by atoms with Gasteiger partial charge in [-0.05, 0) is 6.92 Å². The van der Waals surface area contributed by atoms with Crippen molar-refractivity contribution in [2.45, 2.75) is 25.9 Å². The summed E-state index contributed by atoms with van der Waals surface area (Å²) in [5.41, 5.74) is 1.27. The molecule has 0 amide bonds. The third-order valence-corrected chi connectivity index (χ3v) is 3.22. The molecule has 0 unspecified atom stereocenters. The first-order valence-corrected chi connectivity index (χ1v) is 5.01. The molecule has 0 saturated carbocycles. The number of aromatic nitrogens is 1. The Morgan fingerprint density at radius 1 is 1.67 bits per heavy atom. The average molecular weight is 183 g/mol. The quantitative estimate of drug-likeness (QED) is 0.687. The van der Waals surface area contributed by atoms with Crippen LogP contribution >= 0.6 is 11.3 Å². The van der Waals surface area contributed by atoms with E-state index >= 15 is 0 Å². The normalized spacial score (nSPS) is 22.0. The van der Waals surface area contributed by atoms with Gasteiger partial charge in [0.25, 0.3) is 0 Å². The molecule has 0 aliphatic carbocycles. The molecule has 0 aromatic carbocycles. The van der Waals surface area contributed by atoms with Gasteiger partial charge in [0.2, 0.25) is 0 Å². The molecule has 1 aromatic rings. The Kier molecular flexibility index (Phi) is 2.02. The van der Waals surface area contributed by atoms with Crippen molar-refractivity contribution >= 4 is 16.5 Å². The zero-order chi connectivity index (χ0) is 8.55. The Hall–Kier alpha value is -0.610. The molecule has 0 radical (unpaired) electrons. The van der Waals surface area contributed by atoms with Gasteiger partial charge in [0, 0.05) is 30.9 Å². The first-order chi connectivity index (χ1) is 5.79. The summed E-state index contributed by atoms with van der Waals surface area (Å²) in [4.78, 5) is 5.87. The molecule has 66 valence electrons. The molecule has 1 atom stereocenters. The average Bonchev–Trinajstić information content (AvgIpc) is 2.46. The van der Waals surface area contributed by atoms with Gasteiger partial charge in [-0.15, -0.1) is 11.3 Å². The fourth-order valence-corrected chi connectivity index (χ4v) is 2.31. The van der Waals surface area contributed by atoms with E-state index in [0.717, 1.165) is 18.1 Å². The van der Waals surface area contributed by atoms with E-state index in [-0.39, 0.29) is 0 Å². The van der Waals surface area contributed by atoms with Gasteiger partial charge in [-0.3, -0.25) is 0 Å². The van der Waals surface area contributed by atoms with Crippen molar-refractivity contribution in [3.8, 4) is 0 Å². The van der Waals surface area contributed by atoms with Crippen LogP contribution in [-0.4, -0.2) is 18.1 Å². The number of nitrogens with one attached hydrogen (secondary N) is 2. The highest BCUT2D eigenvalue weighted by Crippen LogP contribution is 2.26. The third-order valence-electron chi connectivity index (χ3n) is 2.10. The summed E-state index contributed by atoms with van der Waals surface area (Å²) in [5, 5.41) is 7.53. The van der Waals surface area contributed by atoms with E-state index in [1.54, 1.807) is 11.3 Å². The van der Waals surface area contributed by atoms with Gasteiger partial charge in [0.05, 0.1) is 5.69 Å². The molecule has 0 bridgehead atoms. The minimum absolute atomic E-state index is 0.573. The molecule has 1 aromatic heterocycles. The van der Waals surface area contributed by atoms with E-state index in [2.05, 4.69) is 22.5 Å². The minimum atomic E-state index is 0.573. The first kappa shape index (κ1) is 8.01. The lowest BCUT2D eigenvalue weighted by molar-refractivity contribution is 0.513. The second kappa shape index (κ2) is 3.03. The zero-order valence-electron chi connectivity index (χ0n) is 7.35. The second-order valence-corrected chi connectivity index (χ2v) is 4.21. The monoisotopic (exact) mass is 183 g/mol. The molecule has 12 heavy (non-hydrogen) atoms. The summed E-state index contributed by atoms with van der Waals surface area (Å²) in [6.45, 7) is 3.18. The Bertz CT molecular complexity index is 282. The number of nitrogens with zero attached hydrogens (tertiary/aromatic N) is 1. The van der Waals surface area contributed by atoms with E-state index in [9.17, 15) is 0 Å². The van der Waals surface area contributed by atoms with Crippen LogP contribution in [0.1, 0.15) is 17.5 Å². The van der Waals surface area contributed by atoms with E-state index in [1.165, 1.54) is 10.6 Å². The molecule has 4 heteroatoms. The molecule has 2 N–H and O–H groups in total. The van der Waals surface area contributed by atoms with Crippen molar-refractivity contribution < 1.29 is 0 Å². The molecule has 1 aliphatic rings. The lowest BCUT2D eigenvalue weighted by Gasteiger charge is -2.17. The zero-order valence-corrected chi connectivity index (χ0v) is 8.16. The number of fused-ring (bicyclic) bond motifs is 1. The lowest BCUT2D eigenvalue weighted by Crippen LogP contribution is -2.32. The maximum absolute atomic E-state index is 4.49. The summed E-state index contributed by atoms with van der Waals surface area (Å²) >= 11 is 1.75. The van der Waals surface area contributed by atoms with Crippen molar-refractivity contribution in [2.75, 3.05) is 12.4 Å². The van der Waals surface area contributed by atoms with Gasteiger partial charge < -0.3 is 10.6 Å². The number of anilines is 1. The first-order valence-electron chi connectivity index (χ1n) is 4.19. The summed E-state index contributed by atoms with van der Waals surface area (Å²) in [6.07, 6.45) is 1.06. The number of hydrogen-bond acceptors (Lipinski definition) is 4. The van der Waals surface area contributed by atoms with Crippen LogP contribution in [0.3, 0.4) is 0 Å². The van der Waals surface area contributed by atoms with Crippen LogP contribution in [0, 0.1) is 0 Å². The van der Waals surface area contributed by atoms with E-state index in [1.807, 2.05) is 7.05 Å². The van der Waals surface area contributed by atoms with Crippen molar-refractivity contribution in [3.05, 3.63) is 10.6 Å². The highest BCUT2D eigenvalue weighted by molar-refractivity contribution is 7.15. The van der Waals surface area contributed by atoms with Gasteiger partial charge in [-0.25, -0.2) is 4.98 Å². The van der Waals surface area contributed by atoms with Crippen LogP contribution in [0.2, 0.25) is 0 Å². The van der Waals surface area contributed by atoms with Gasteiger partial charge in [0.1, 0.15) is 0 Å². The summed E-state index contributed by atoms with van der Waals surface area (Å²) in [6, 6.07) is 0.573. The van der Waals surface area contributed by atoms with Crippen molar-refractivity contribution in [1.29, 1.82) is 0 Å². The predicted molar refractivity (Wildman–Crippen MR) is 51.7 cm³/mol. The highest BCUT2D eigenvalue weighted by atomic mass is 32.1. The minimum Gasteiger partial charge on any atom is -0.365 e. The Morgan fingerprint density at radius 3 is 3.25 bits per heavy atom. The second-order valence-electron chi connectivity index (χ2n) is 3.12. The Balaban J connectivity index is 2.28. The standard InChI is InChI=1S/C8H13N3S/c1-5-3-6-7(4-10-5)12-8(9-2)11-6/h5,10H,3-4H2,1-2H3,(H,9,11)/t5-/m1/s1. The molecule has 3 nitrogen and oxygen atoms in total. The lowest BCUT2D eigenvalue weighted by atomic mass is 10.1. The SMILES string of the molecule is CNc1nc2c(s1)CN[C@H](C)C2. The maximum Gasteiger partial charge on any atom is 0.182 e. The molecular weight excluding hydrogens is 170 g/mol. The smallest absolute Gasteiger partial charge is 0.182 e. The third kappa shape index (κ3) is 1.32. The summed E-state index contributed by atoms with van der Waals surface area (Å²) < 4.78 is 0. The maximum atomic E-state index is 4.49. The fraction of sp³-hybridized carbons (Fsp3) is 0.625. The number of rotatable bonds is 1. The van der Waals surface area contributed by atoms with Crippen LogP contribution in [0.5, 0.6) is 0 Å². The van der Waals surface area contributed by atoms with Gasteiger partial charge in [0.15, 0.2) is 5.13 Å². The molecule has 2 rings (SSSR count). The number of thiazole rings is 1. The highest BCUT2D eigenvalue weighted by Gasteiger charge is 2.18. The van der Waals surface area contributed by atoms with Gasteiger partial charge in [-0.2, -0.15) is 0 Å². The van der Waals surface area contributed by atoms with Crippen LogP contribution < -0.4 is 10.6 Å². The van der Waals surface area contributed by atoms with E-state index < -0.39 is 0 Å². The van der Waals surface area contributed by atoms with E-state index in [0.29, 0.717) is 6.04 Å². The van der Waals surface area contributed by atoms with Gasteiger partial charge >= 0.3 is 0 Å². The summed E-state index contributed by atoms with van der Waals surface area (Å²) in [7, 11) is 1.92. The molecule has 1 aliphatic heterocycles. The predicted octanol–water partition coefficient (Wildman–Crippen LogP) is 1.22. The van der Waals surface area contributed by atoms with Crippen molar-refractivity contribution in [1.82, 2.24) is 10.3 Å². The van der Waals surface area contributed by atoms with Crippen molar-refractivity contribution in [2.24, 2.45) is 0 Å². The largest absolute Gasteiger partial charge is 0.365 e. The van der Waals surface area contributed by atoms with Crippen LogP contribution in [0.4, 0.5) is 5.13 Å². The van der Waals surface area contributed by atoms with Crippen LogP contribution in [0.25, 0.3) is 0 Å².